The topological polar surface area (TPSA) is 45.1 Å². The highest BCUT2D eigenvalue weighted by Crippen LogP contribution is 2.23. The maximum absolute atomic E-state index is 9.22. The van der Waals surface area contributed by atoms with E-state index in [0.29, 0.717) is 6.04 Å². The zero-order valence-electron chi connectivity index (χ0n) is 12.6. The predicted molar refractivity (Wildman–Crippen MR) is 83.5 cm³/mol. The molecular weight excluding hydrogens is 248 g/mol. The van der Waals surface area contributed by atoms with E-state index in [2.05, 4.69) is 55.3 Å². The summed E-state index contributed by atoms with van der Waals surface area (Å²) < 4.78 is 0. The molecule has 1 heterocycles. The molecule has 1 unspecified atom stereocenters. The molecule has 3 heteroatoms. The van der Waals surface area contributed by atoms with E-state index < -0.39 is 0 Å². The Morgan fingerprint density at radius 1 is 1.25 bits per heavy atom. The standard InChI is InChI=1S/C17H24N2O/c1-17(2,3)16(8-10-20)19-12-14-6-4-5-13-11-18-9-7-15(13)14/h4-7,9,11,16,19-20H,8,10,12H2,1-3H3. The highest BCUT2D eigenvalue weighted by molar-refractivity contribution is 5.84. The van der Waals surface area contributed by atoms with Crippen molar-refractivity contribution >= 4 is 10.8 Å². The van der Waals surface area contributed by atoms with Crippen LogP contribution in [0, 0.1) is 5.41 Å². The van der Waals surface area contributed by atoms with Crippen molar-refractivity contribution in [3.8, 4) is 0 Å². The second kappa shape index (κ2) is 6.33. The molecule has 0 amide bonds. The first-order valence-electron chi connectivity index (χ1n) is 7.18. The first kappa shape index (κ1) is 14.9. The summed E-state index contributed by atoms with van der Waals surface area (Å²) in [5, 5.41) is 15.2. The van der Waals surface area contributed by atoms with Gasteiger partial charge in [-0.15, -0.1) is 0 Å². The molecular formula is C17H24N2O. The van der Waals surface area contributed by atoms with Crippen LogP contribution in [0.4, 0.5) is 0 Å². The van der Waals surface area contributed by atoms with Gasteiger partial charge in [-0.05, 0) is 28.9 Å². The summed E-state index contributed by atoms with van der Waals surface area (Å²) in [6.45, 7) is 7.63. The number of hydrogen-bond donors (Lipinski definition) is 2. The van der Waals surface area contributed by atoms with Crippen molar-refractivity contribution in [1.29, 1.82) is 0 Å². The van der Waals surface area contributed by atoms with Crippen LogP contribution in [0.25, 0.3) is 10.8 Å². The van der Waals surface area contributed by atoms with Crippen molar-refractivity contribution < 1.29 is 5.11 Å². The Morgan fingerprint density at radius 3 is 2.75 bits per heavy atom. The van der Waals surface area contributed by atoms with Crippen LogP contribution >= 0.6 is 0 Å². The SMILES string of the molecule is CC(C)(C)C(CCO)NCc1cccc2cnccc12. The van der Waals surface area contributed by atoms with E-state index >= 15 is 0 Å². The molecule has 0 bridgehead atoms. The third-order valence-electron chi connectivity index (χ3n) is 3.77. The second-order valence-electron chi connectivity index (χ2n) is 6.33. The van der Waals surface area contributed by atoms with E-state index in [0.717, 1.165) is 13.0 Å². The van der Waals surface area contributed by atoms with Gasteiger partial charge in [0.1, 0.15) is 0 Å². The lowest BCUT2D eigenvalue weighted by Crippen LogP contribution is -2.40. The third-order valence-corrected chi connectivity index (χ3v) is 3.77. The number of aromatic nitrogens is 1. The van der Waals surface area contributed by atoms with E-state index in [1.807, 2.05) is 12.4 Å². The highest BCUT2D eigenvalue weighted by atomic mass is 16.3. The van der Waals surface area contributed by atoms with Crippen LogP contribution in [0.15, 0.2) is 36.7 Å². The second-order valence-corrected chi connectivity index (χ2v) is 6.33. The van der Waals surface area contributed by atoms with Crippen molar-refractivity contribution in [3.05, 3.63) is 42.2 Å². The summed E-state index contributed by atoms with van der Waals surface area (Å²) in [7, 11) is 0. The summed E-state index contributed by atoms with van der Waals surface area (Å²) in [6, 6.07) is 8.66. The Morgan fingerprint density at radius 2 is 2.05 bits per heavy atom. The van der Waals surface area contributed by atoms with Crippen LogP contribution in [-0.2, 0) is 6.54 Å². The number of hydrogen-bond acceptors (Lipinski definition) is 3. The fraction of sp³-hybridized carbons (Fsp3) is 0.471. The average Bonchev–Trinajstić information content (AvgIpc) is 2.42. The molecule has 0 aliphatic rings. The lowest BCUT2D eigenvalue weighted by molar-refractivity contribution is 0.196. The number of nitrogens with zero attached hydrogens (tertiary/aromatic N) is 1. The van der Waals surface area contributed by atoms with E-state index in [-0.39, 0.29) is 12.0 Å². The first-order chi connectivity index (χ1) is 9.52. The summed E-state index contributed by atoms with van der Waals surface area (Å²) in [4.78, 5) is 4.16. The van der Waals surface area contributed by atoms with Crippen LogP contribution in [-0.4, -0.2) is 22.7 Å². The van der Waals surface area contributed by atoms with Crippen molar-refractivity contribution in [3.63, 3.8) is 0 Å². The van der Waals surface area contributed by atoms with Crippen LogP contribution < -0.4 is 5.32 Å². The van der Waals surface area contributed by atoms with Gasteiger partial charge in [-0.25, -0.2) is 0 Å². The summed E-state index contributed by atoms with van der Waals surface area (Å²) >= 11 is 0. The number of aliphatic hydroxyl groups is 1. The van der Waals surface area contributed by atoms with Crippen molar-refractivity contribution in [2.24, 2.45) is 5.41 Å². The van der Waals surface area contributed by atoms with E-state index in [9.17, 15) is 5.11 Å². The molecule has 2 aromatic rings. The molecule has 1 atom stereocenters. The van der Waals surface area contributed by atoms with Gasteiger partial charge in [0.15, 0.2) is 0 Å². The van der Waals surface area contributed by atoms with E-state index in [1.165, 1.54) is 16.3 Å². The largest absolute Gasteiger partial charge is 0.396 e. The molecule has 1 aromatic heterocycles. The fourth-order valence-corrected chi connectivity index (χ4v) is 2.55. The molecule has 3 nitrogen and oxygen atoms in total. The Bertz CT molecular complexity index is 555. The van der Waals surface area contributed by atoms with Gasteiger partial charge < -0.3 is 10.4 Å². The number of fused-ring (bicyclic) bond motifs is 1. The maximum Gasteiger partial charge on any atom is 0.0446 e. The molecule has 2 N–H and O–H groups in total. The molecule has 2 rings (SSSR count). The van der Waals surface area contributed by atoms with Gasteiger partial charge in [0.2, 0.25) is 0 Å². The Balaban J connectivity index is 2.16. The molecule has 0 aliphatic heterocycles. The van der Waals surface area contributed by atoms with Gasteiger partial charge in [-0.2, -0.15) is 0 Å². The van der Waals surface area contributed by atoms with Gasteiger partial charge in [-0.1, -0.05) is 39.0 Å². The number of rotatable bonds is 5. The highest BCUT2D eigenvalue weighted by Gasteiger charge is 2.23. The third kappa shape index (κ3) is 3.56. The normalized spacial score (nSPS) is 13.6. The molecule has 0 saturated carbocycles. The van der Waals surface area contributed by atoms with Gasteiger partial charge in [-0.3, -0.25) is 4.98 Å². The molecule has 0 saturated heterocycles. The molecule has 0 spiro atoms. The maximum atomic E-state index is 9.22. The minimum Gasteiger partial charge on any atom is -0.396 e. The monoisotopic (exact) mass is 272 g/mol. The minimum absolute atomic E-state index is 0.134. The van der Waals surface area contributed by atoms with Crippen LogP contribution in [0.3, 0.4) is 0 Å². The Labute approximate surface area is 121 Å². The Hall–Kier alpha value is -1.45. The minimum atomic E-state index is 0.134. The quantitative estimate of drug-likeness (QED) is 0.879. The summed E-state index contributed by atoms with van der Waals surface area (Å²) in [5.41, 5.74) is 1.41. The van der Waals surface area contributed by atoms with Gasteiger partial charge in [0.25, 0.3) is 0 Å². The number of nitrogens with one attached hydrogen (secondary N) is 1. The first-order valence-corrected chi connectivity index (χ1v) is 7.18. The van der Waals surface area contributed by atoms with Gasteiger partial charge >= 0.3 is 0 Å². The van der Waals surface area contributed by atoms with E-state index in [4.69, 9.17) is 0 Å². The lowest BCUT2D eigenvalue weighted by Gasteiger charge is -2.31. The van der Waals surface area contributed by atoms with Crippen molar-refractivity contribution in [2.45, 2.75) is 39.8 Å². The molecule has 0 fully saturated rings. The number of pyridine rings is 1. The summed E-state index contributed by atoms with van der Waals surface area (Å²) in [6.07, 6.45) is 4.50. The molecule has 20 heavy (non-hydrogen) atoms. The number of aliphatic hydroxyl groups excluding tert-OH is 1. The Kier molecular flexibility index (Phi) is 4.73. The van der Waals surface area contributed by atoms with E-state index in [1.54, 1.807) is 0 Å². The smallest absolute Gasteiger partial charge is 0.0446 e. The van der Waals surface area contributed by atoms with Crippen LogP contribution in [0.1, 0.15) is 32.8 Å². The predicted octanol–water partition coefficient (Wildman–Crippen LogP) is 3.12. The fourth-order valence-electron chi connectivity index (χ4n) is 2.55. The number of benzene rings is 1. The van der Waals surface area contributed by atoms with Crippen molar-refractivity contribution in [1.82, 2.24) is 10.3 Å². The molecule has 108 valence electrons. The van der Waals surface area contributed by atoms with Crippen LogP contribution in [0.2, 0.25) is 0 Å². The van der Waals surface area contributed by atoms with Crippen molar-refractivity contribution in [2.75, 3.05) is 6.61 Å². The van der Waals surface area contributed by atoms with Gasteiger partial charge in [0, 0.05) is 37.0 Å². The average molecular weight is 272 g/mol. The molecule has 1 aromatic carbocycles. The summed E-state index contributed by atoms with van der Waals surface area (Å²) in [5.74, 6) is 0. The van der Waals surface area contributed by atoms with Crippen LogP contribution in [0.5, 0.6) is 0 Å². The lowest BCUT2D eigenvalue weighted by atomic mass is 9.85. The zero-order chi connectivity index (χ0) is 14.6. The molecule has 0 aliphatic carbocycles. The molecule has 0 radical (unpaired) electrons. The van der Waals surface area contributed by atoms with Gasteiger partial charge in [0.05, 0.1) is 0 Å². The zero-order valence-corrected chi connectivity index (χ0v) is 12.6.